The van der Waals surface area contributed by atoms with Crippen LogP contribution in [-0.2, 0) is 24.9 Å². The molecule has 1 aliphatic heterocycles. The van der Waals surface area contributed by atoms with Crippen molar-refractivity contribution in [1.29, 1.82) is 0 Å². The maximum absolute atomic E-state index is 12.2. The zero-order valence-electron chi connectivity index (χ0n) is 13.4. The lowest BCUT2D eigenvalue weighted by atomic mass is 10.1. The Labute approximate surface area is 145 Å². The van der Waals surface area contributed by atoms with Crippen LogP contribution in [-0.4, -0.2) is 27.3 Å². The third-order valence-electron chi connectivity index (χ3n) is 4.82. The van der Waals surface area contributed by atoms with Crippen molar-refractivity contribution in [3.8, 4) is 0 Å². The van der Waals surface area contributed by atoms with Gasteiger partial charge in [-0.25, -0.2) is 4.79 Å². The van der Waals surface area contributed by atoms with Crippen molar-refractivity contribution >= 4 is 17.6 Å². The lowest BCUT2D eigenvalue weighted by Crippen LogP contribution is -2.43. The number of aromatic nitrogens is 3. The van der Waals surface area contributed by atoms with Crippen LogP contribution in [0.1, 0.15) is 36.5 Å². The Morgan fingerprint density at radius 3 is 2.79 bits per heavy atom. The summed E-state index contributed by atoms with van der Waals surface area (Å²) in [6, 6.07) is 7.55. The minimum absolute atomic E-state index is 0.136. The van der Waals surface area contributed by atoms with E-state index in [1.165, 1.54) is 0 Å². The number of nitrogens with zero attached hydrogens (tertiary/aromatic N) is 3. The number of fused-ring (bicyclic) bond motifs is 1. The van der Waals surface area contributed by atoms with Crippen LogP contribution in [0.5, 0.6) is 0 Å². The number of rotatable bonds is 5. The number of carbonyl (C=O) groups is 1. The third kappa shape index (κ3) is 2.98. The maximum atomic E-state index is 12.2. The van der Waals surface area contributed by atoms with Crippen LogP contribution >= 0.6 is 11.6 Å². The predicted octanol–water partition coefficient (Wildman–Crippen LogP) is 2.41. The standard InChI is InChI=1S/C17H20ClN5O/c18-13-5-3-12(4-6-13)17(8-9-17)20-16(24)19-10-7-15-22-21-14-2-1-11-23(14)15/h3-6H,1-2,7-11H2,(H2,19,20,24). The molecule has 126 valence electrons. The lowest BCUT2D eigenvalue weighted by Gasteiger charge is -2.18. The van der Waals surface area contributed by atoms with Crippen LogP contribution in [0.3, 0.4) is 0 Å². The van der Waals surface area contributed by atoms with Crippen molar-refractivity contribution < 1.29 is 4.79 Å². The Hall–Kier alpha value is -2.08. The molecule has 1 aromatic heterocycles. The van der Waals surface area contributed by atoms with E-state index in [0.29, 0.717) is 18.0 Å². The van der Waals surface area contributed by atoms with Crippen LogP contribution in [0.25, 0.3) is 0 Å². The Bertz CT molecular complexity index is 751. The van der Waals surface area contributed by atoms with Gasteiger partial charge in [0.1, 0.15) is 11.6 Å². The lowest BCUT2D eigenvalue weighted by molar-refractivity contribution is 0.236. The molecule has 2 N–H and O–H groups in total. The molecule has 2 aliphatic rings. The molecule has 7 heteroatoms. The molecular weight excluding hydrogens is 326 g/mol. The number of amides is 2. The molecule has 24 heavy (non-hydrogen) atoms. The van der Waals surface area contributed by atoms with Gasteiger partial charge in [0.05, 0.1) is 5.54 Å². The van der Waals surface area contributed by atoms with Gasteiger partial charge in [-0.3, -0.25) is 0 Å². The summed E-state index contributed by atoms with van der Waals surface area (Å²) in [5, 5.41) is 15.1. The number of halogens is 1. The normalized spacial score (nSPS) is 17.4. The molecule has 1 aromatic carbocycles. The first-order valence-corrected chi connectivity index (χ1v) is 8.77. The second-order valence-electron chi connectivity index (χ2n) is 6.51. The molecule has 2 aromatic rings. The van der Waals surface area contributed by atoms with E-state index in [2.05, 4.69) is 25.4 Å². The van der Waals surface area contributed by atoms with E-state index in [-0.39, 0.29) is 11.6 Å². The second-order valence-corrected chi connectivity index (χ2v) is 6.94. The maximum Gasteiger partial charge on any atom is 0.315 e. The van der Waals surface area contributed by atoms with E-state index in [1.54, 1.807) is 0 Å². The van der Waals surface area contributed by atoms with Gasteiger partial charge >= 0.3 is 6.03 Å². The quantitative estimate of drug-likeness (QED) is 0.874. The fourth-order valence-corrected chi connectivity index (χ4v) is 3.45. The molecule has 1 saturated carbocycles. The highest BCUT2D eigenvalue weighted by atomic mass is 35.5. The van der Waals surface area contributed by atoms with E-state index >= 15 is 0 Å². The third-order valence-corrected chi connectivity index (χ3v) is 5.07. The zero-order chi connectivity index (χ0) is 16.6. The summed E-state index contributed by atoms with van der Waals surface area (Å²) in [6.45, 7) is 1.55. The fourth-order valence-electron chi connectivity index (χ4n) is 3.32. The topological polar surface area (TPSA) is 71.8 Å². The smallest absolute Gasteiger partial charge is 0.315 e. The average Bonchev–Trinajstić information content (AvgIpc) is 3.03. The summed E-state index contributed by atoms with van der Waals surface area (Å²) in [5.41, 5.74) is 0.877. The summed E-state index contributed by atoms with van der Waals surface area (Å²) in [7, 11) is 0. The number of urea groups is 1. The molecule has 0 saturated heterocycles. The minimum Gasteiger partial charge on any atom is -0.338 e. The summed E-state index contributed by atoms with van der Waals surface area (Å²) < 4.78 is 2.16. The van der Waals surface area contributed by atoms with E-state index in [1.807, 2.05) is 24.3 Å². The highest BCUT2D eigenvalue weighted by Crippen LogP contribution is 2.45. The highest BCUT2D eigenvalue weighted by Gasteiger charge is 2.45. The number of benzene rings is 1. The summed E-state index contributed by atoms with van der Waals surface area (Å²) in [6.07, 6.45) is 4.76. The van der Waals surface area contributed by atoms with Crippen LogP contribution < -0.4 is 10.6 Å². The van der Waals surface area contributed by atoms with Crippen LogP contribution in [0.2, 0.25) is 5.02 Å². The molecule has 0 unspecified atom stereocenters. The van der Waals surface area contributed by atoms with Crippen molar-refractivity contribution in [2.75, 3.05) is 6.54 Å². The largest absolute Gasteiger partial charge is 0.338 e. The zero-order valence-corrected chi connectivity index (χ0v) is 14.1. The van der Waals surface area contributed by atoms with Crippen LogP contribution in [0, 0.1) is 0 Å². The first-order chi connectivity index (χ1) is 11.7. The second kappa shape index (κ2) is 6.09. The Balaban J connectivity index is 1.30. The van der Waals surface area contributed by atoms with Gasteiger partial charge in [-0.05, 0) is 37.0 Å². The van der Waals surface area contributed by atoms with E-state index in [0.717, 1.165) is 49.4 Å². The van der Waals surface area contributed by atoms with Crippen molar-refractivity contribution in [2.24, 2.45) is 0 Å². The van der Waals surface area contributed by atoms with E-state index in [4.69, 9.17) is 11.6 Å². The van der Waals surface area contributed by atoms with E-state index < -0.39 is 0 Å². The molecule has 0 atom stereocenters. The SMILES string of the molecule is O=C(NCCc1nnc2n1CCC2)NC1(c2ccc(Cl)cc2)CC1. The molecule has 1 fully saturated rings. The molecule has 2 heterocycles. The average molecular weight is 346 g/mol. The number of hydrogen-bond acceptors (Lipinski definition) is 3. The van der Waals surface area contributed by atoms with Gasteiger partial charge in [0, 0.05) is 31.0 Å². The summed E-state index contributed by atoms with van der Waals surface area (Å²) in [5.74, 6) is 2.02. The minimum atomic E-state index is -0.231. The molecule has 0 spiro atoms. The van der Waals surface area contributed by atoms with Gasteiger partial charge in [0.25, 0.3) is 0 Å². The van der Waals surface area contributed by atoms with Crippen LogP contribution in [0.4, 0.5) is 4.79 Å². The summed E-state index contributed by atoms with van der Waals surface area (Å²) >= 11 is 5.93. The number of nitrogens with one attached hydrogen (secondary N) is 2. The number of aryl methyl sites for hydroxylation is 1. The monoisotopic (exact) mass is 345 g/mol. The van der Waals surface area contributed by atoms with Gasteiger partial charge in [0.15, 0.2) is 0 Å². The van der Waals surface area contributed by atoms with Gasteiger partial charge in [0.2, 0.25) is 0 Å². The fraction of sp³-hybridized carbons (Fsp3) is 0.471. The molecule has 0 radical (unpaired) electrons. The van der Waals surface area contributed by atoms with Gasteiger partial charge < -0.3 is 15.2 Å². The predicted molar refractivity (Wildman–Crippen MR) is 90.9 cm³/mol. The van der Waals surface area contributed by atoms with Gasteiger partial charge in [-0.1, -0.05) is 23.7 Å². The summed E-state index contributed by atoms with van der Waals surface area (Å²) in [4.78, 5) is 12.2. The van der Waals surface area contributed by atoms with Crippen molar-refractivity contribution in [3.05, 3.63) is 46.5 Å². The molecular formula is C17H20ClN5O. The van der Waals surface area contributed by atoms with E-state index in [9.17, 15) is 4.79 Å². The van der Waals surface area contributed by atoms with Gasteiger partial charge in [-0.15, -0.1) is 10.2 Å². The highest BCUT2D eigenvalue weighted by molar-refractivity contribution is 6.30. The number of hydrogen-bond donors (Lipinski definition) is 2. The molecule has 2 amide bonds. The Morgan fingerprint density at radius 2 is 2.04 bits per heavy atom. The van der Waals surface area contributed by atoms with Crippen LogP contribution in [0.15, 0.2) is 24.3 Å². The van der Waals surface area contributed by atoms with Crippen molar-refractivity contribution in [2.45, 2.75) is 44.2 Å². The van der Waals surface area contributed by atoms with Crippen molar-refractivity contribution in [3.63, 3.8) is 0 Å². The van der Waals surface area contributed by atoms with Gasteiger partial charge in [-0.2, -0.15) is 0 Å². The number of carbonyl (C=O) groups excluding carboxylic acids is 1. The molecule has 4 rings (SSSR count). The van der Waals surface area contributed by atoms with Crippen molar-refractivity contribution in [1.82, 2.24) is 25.4 Å². The first-order valence-electron chi connectivity index (χ1n) is 8.39. The Kier molecular flexibility index (Phi) is 3.92. The first kappa shape index (κ1) is 15.4. The molecule has 1 aliphatic carbocycles. The Morgan fingerprint density at radius 1 is 1.25 bits per heavy atom. The molecule has 0 bridgehead atoms. The molecule has 6 nitrogen and oxygen atoms in total.